The van der Waals surface area contributed by atoms with Crippen LogP contribution in [0.3, 0.4) is 0 Å². The molecule has 4 nitrogen and oxygen atoms in total. The van der Waals surface area contributed by atoms with Gasteiger partial charge in [0.2, 0.25) is 0 Å². The number of esters is 2. The number of ether oxygens (including phenoxy) is 2. The van der Waals surface area contributed by atoms with E-state index >= 15 is 0 Å². The van der Waals surface area contributed by atoms with Crippen LogP contribution in [0.2, 0.25) is 0 Å². The molecule has 4 heteroatoms. The number of carbonyl (C=O) groups is 2. The zero-order valence-electron chi connectivity index (χ0n) is 10.7. The van der Waals surface area contributed by atoms with Gasteiger partial charge in [-0.15, -0.1) is 24.7 Å². The summed E-state index contributed by atoms with van der Waals surface area (Å²) in [6.07, 6.45) is 12.8. The van der Waals surface area contributed by atoms with Crippen molar-refractivity contribution in [1.82, 2.24) is 0 Å². The average Bonchev–Trinajstić information content (AvgIpc) is 2.41. The Labute approximate surface area is 113 Å². The Hall–Kier alpha value is -2.46. The van der Waals surface area contributed by atoms with Crippen LogP contribution in [0.15, 0.2) is 25.3 Å². The quantitative estimate of drug-likeness (QED) is 0.287. The van der Waals surface area contributed by atoms with Gasteiger partial charge in [-0.25, -0.2) is 0 Å². The van der Waals surface area contributed by atoms with Crippen molar-refractivity contribution < 1.29 is 19.1 Å². The molecule has 0 saturated heterocycles. The molecule has 19 heavy (non-hydrogen) atoms. The van der Waals surface area contributed by atoms with Crippen LogP contribution >= 0.6 is 0 Å². The molecule has 0 saturated carbocycles. The van der Waals surface area contributed by atoms with Gasteiger partial charge in [0.25, 0.3) is 0 Å². The van der Waals surface area contributed by atoms with Gasteiger partial charge in [0, 0.05) is 12.8 Å². The second-order valence-electron chi connectivity index (χ2n) is 3.62. The van der Waals surface area contributed by atoms with Crippen molar-refractivity contribution in [1.29, 1.82) is 0 Å². The van der Waals surface area contributed by atoms with Crippen LogP contribution < -0.4 is 0 Å². The molecule has 0 bridgehead atoms. The topological polar surface area (TPSA) is 52.6 Å². The third-order valence-electron chi connectivity index (χ3n) is 2.25. The van der Waals surface area contributed by atoms with Crippen LogP contribution in [-0.2, 0) is 19.1 Å². The molecular formula is C15H16O4. The summed E-state index contributed by atoms with van der Waals surface area (Å²) in [7, 11) is 0. The average molecular weight is 260 g/mol. The van der Waals surface area contributed by atoms with Crippen molar-refractivity contribution in [2.45, 2.75) is 12.8 Å². The minimum atomic E-state index is -1.67. The highest BCUT2D eigenvalue weighted by Crippen LogP contribution is 2.30. The molecule has 0 aromatic carbocycles. The first-order valence-electron chi connectivity index (χ1n) is 5.52. The maximum absolute atomic E-state index is 12.0. The Morgan fingerprint density at radius 2 is 1.37 bits per heavy atom. The highest BCUT2D eigenvalue weighted by molar-refractivity contribution is 6.00. The van der Waals surface area contributed by atoms with Crippen molar-refractivity contribution in [2.75, 3.05) is 13.2 Å². The molecule has 0 atom stereocenters. The monoisotopic (exact) mass is 260 g/mol. The first-order chi connectivity index (χ1) is 9.08. The van der Waals surface area contributed by atoms with E-state index in [2.05, 4.69) is 25.0 Å². The second kappa shape index (κ2) is 8.60. The lowest BCUT2D eigenvalue weighted by Crippen LogP contribution is -2.41. The number of hydrogen-bond acceptors (Lipinski definition) is 4. The number of hydrogen-bond donors (Lipinski definition) is 0. The Morgan fingerprint density at radius 1 is 1.00 bits per heavy atom. The Balaban J connectivity index is 5.28. The van der Waals surface area contributed by atoms with Gasteiger partial charge < -0.3 is 9.47 Å². The summed E-state index contributed by atoms with van der Waals surface area (Å²) in [5.74, 6) is 2.90. The number of terminal acetylenes is 2. The van der Waals surface area contributed by atoms with Crippen LogP contribution in [0.5, 0.6) is 0 Å². The van der Waals surface area contributed by atoms with E-state index in [0.717, 1.165) is 0 Å². The molecule has 0 aliphatic carbocycles. The molecule has 0 aliphatic heterocycles. The van der Waals surface area contributed by atoms with Gasteiger partial charge in [-0.3, -0.25) is 9.59 Å². The molecule has 100 valence electrons. The smallest absolute Gasteiger partial charge is 0.325 e. The van der Waals surface area contributed by atoms with Gasteiger partial charge in [0.15, 0.2) is 5.41 Å². The van der Waals surface area contributed by atoms with Crippen molar-refractivity contribution in [3.05, 3.63) is 25.3 Å². The summed E-state index contributed by atoms with van der Waals surface area (Å²) < 4.78 is 9.78. The van der Waals surface area contributed by atoms with Gasteiger partial charge in [-0.05, 0) is 0 Å². The fourth-order valence-corrected chi connectivity index (χ4v) is 1.33. The first-order valence-corrected chi connectivity index (χ1v) is 5.52. The maximum Gasteiger partial charge on any atom is 0.325 e. The fourth-order valence-electron chi connectivity index (χ4n) is 1.33. The van der Waals surface area contributed by atoms with E-state index < -0.39 is 17.4 Å². The normalized spacial score (nSPS) is 9.58. The predicted molar refractivity (Wildman–Crippen MR) is 71.6 cm³/mol. The molecule has 0 aromatic rings. The fraction of sp³-hybridized carbons (Fsp3) is 0.333. The summed E-state index contributed by atoms with van der Waals surface area (Å²) >= 11 is 0. The molecule has 0 spiro atoms. The van der Waals surface area contributed by atoms with E-state index in [9.17, 15) is 9.59 Å². The highest BCUT2D eigenvalue weighted by atomic mass is 16.6. The molecule has 0 fully saturated rings. The van der Waals surface area contributed by atoms with Crippen molar-refractivity contribution in [3.8, 4) is 24.7 Å². The molecule has 0 amide bonds. The van der Waals surface area contributed by atoms with Gasteiger partial charge in [-0.1, -0.05) is 25.3 Å². The summed E-state index contributed by atoms with van der Waals surface area (Å²) in [6.45, 7) is 6.75. The van der Waals surface area contributed by atoms with Gasteiger partial charge in [-0.2, -0.15) is 0 Å². The lowest BCUT2D eigenvalue weighted by Gasteiger charge is -2.25. The van der Waals surface area contributed by atoms with Crippen LogP contribution in [0.1, 0.15) is 12.8 Å². The predicted octanol–water partition coefficient (Wildman–Crippen LogP) is 1.48. The van der Waals surface area contributed by atoms with Crippen molar-refractivity contribution in [2.24, 2.45) is 5.41 Å². The van der Waals surface area contributed by atoms with E-state index in [0.29, 0.717) is 0 Å². The molecule has 0 aliphatic rings. The zero-order chi connectivity index (χ0) is 14.7. The van der Waals surface area contributed by atoms with Gasteiger partial charge in [0.1, 0.15) is 13.2 Å². The van der Waals surface area contributed by atoms with Gasteiger partial charge in [0.05, 0.1) is 0 Å². The largest absolute Gasteiger partial charge is 0.461 e. The standard InChI is InChI=1S/C15H16O4/c1-5-9-15(10-6-2,13(16)18-11-7-3)14(17)19-12-8-4/h1-2,7-8H,3-4,9-12H2. The van der Waals surface area contributed by atoms with Crippen LogP contribution in [0, 0.1) is 30.1 Å². The zero-order valence-corrected chi connectivity index (χ0v) is 10.7. The summed E-state index contributed by atoms with van der Waals surface area (Å²) in [4.78, 5) is 24.0. The summed E-state index contributed by atoms with van der Waals surface area (Å²) in [6, 6.07) is 0. The summed E-state index contributed by atoms with van der Waals surface area (Å²) in [5.41, 5.74) is -1.67. The van der Waals surface area contributed by atoms with E-state index in [1.165, 1.54) is 12.2 Å². The lowest BCUT2D eigenvalue weighted by atomic mass is 9.81. The van der Waals surface area contributed by atoms with E-state index in [1.54, 1.807) is 0 Å². The Kier molecular flexibility index (Phi) is 7.49. The lowest BCUT2D eigenvalue weighted by molar-refractivity contribution is -0.170. The molecule has 0 aromatic heterocycles. The van der Waals surface area contributed by atoms with Crippen LogP contribution in [-0.4, -0.2) is 25.2 Å². The van der Waals surface area contributed by atoms with Crippen molar-refractivity contribution in [3.63, 3.8) is 0 Å². The third-order valence-corrected chi connectivity index (χ3v) is 2.25. The molecule has 0 heterocycles. The highest BCUT2D eigenvalue weighted by Gasteiger charge is 2.48. The SMILES string of the molecule is C#CCC(CC#C)(C(=O)OCC=C)C(=O)OCC=C. The Morgan fingerprint density at radius 3 is 1.63 bits per heavy atom. The van der Waals surface area contributed by atoms with Crippen LogP contribution in [0.4, 0.5) is 0 Å². The third kappa shape index (κ3) is 4.37. The number of carbonyl (C=O) groups excluding carboxylic acids is 2. The van der Waals surface area contributed by atoms with E-state index in [1.807, 2.05) is 0 Å². The summed E-state index contributed by atoms with van der Waals surface area (Å²) in [5, 5.41) is 0. The maximum atomic E-state index is 12.0. The molecular weight excluding hydrogens is 244 g/mol. The van der Waals surface area contributed by atoms with Crippen molar-refractivity contribution >= 4 is 11.9 Å². The molecule has 0 rings (SSSR count). The van der Waals surface area contributed by atoms with Gasteiger partial charge >= 0.3 is 11.9 Å². The molecule has 0 N–H and O–H groups in total. The minimum Gasteiger partial charge on any atom is -0.461 e. The van der Waals surface area contributed by atoms with Crippen LogP contribution in [0.25, 0.3) is 0 Å². The molecule has 0 radical (unpaired) electrons. The van der Waals surface area contributed by atoms with E-state index in [-0.39, 0.29) is 26.1 Å². The number of rotatable bonds is 8. The Bertz CT molecular complexity index is 392. The molecule has 0 unspecified atom stereocenters. The minimum absolute atomic E-state index is 0.0372. The first kappa shape index (κ1) is 16.5. The van der Waals surface area contributed by atoms with E-state index in [4.69, 9.17) is 22.3 Å². The second-order valence-corrected chi connectivity index (χ2v) is 3.62.